The van der Waals surface area contributed by atoms with Crippen LogP contribution >= 0.6 is 0 Å². The van der Waals surface area contributed by atoms with Crippen LogP contribution in [0.5, 0.6) is 0 Å². The Kier molecular flexibility index (Phi) is 30.9. The summed E-state index contributed by atoms with van der Waals surface area (Å²) in [6.07, 6.45) is 5.62. The number of likely N-dealkylation sites (tertiary alicyclic amines) is 2. The molecule has 0 radical (unpaired) electrons. The molecule has 0 aliphatic carbocycles. The van der Waals surface area contributed by atoms with Crippen molar-refractivity contribution < 1.29 is 0 Å². The Bertz CT molecular complexity index is 607. The minimum atomic E-state index is 0.726. The molecule has 4 unspecified atom stereocenters. The second-order valence-electron chi connectivity index (χ2n) is 13.2. The molecule has 0 aromatic carbocycles. The third kappa shape index (κ3) is 17.4. The van der Waals surface area contributed by atoms with Crippen LogP contribution in [0.2, 0.25) is 0 Å². The summed E-state index contributed by atoms with van der Waals surface area (Å²) >= 11 is 0. The summed E-state index contributed by atoms with van der Waals surface area (Å²) in [7, 11) is 0. The fourth-order valence-electron chi connectivity index (χ4n) is 7.96. The van der Waals surface area contributed by atoms with Crippen LogP contribution < -0.4 is 0 Å². The van der Waals surface area contributed by atoms with Crippen molar-refractivity contribution in [1.82, 2.24) is 29.4 Å². The molecule has 4 atom stereocenters. The van der Waals surface area contributed by atoms with Crippen LogP contribution in [-0.4, -0.2) is 145 Å². The van der Waals surface area contributed by atoms with E-state index in [0.29, 0.717) is 0 Å². The minimum Gasteiger partial charge on any atom is -0.304 e. The Morgan fingerprint density at radius 2 is 0.674 bits per heavy atom. The summed E-state index contributed by atoms with van der Waals surface area (Å²) in [5.74, 6) is 1.87. The van der Waals surface area contributed by atoms with Crippen molar-refractivity contribution in [3.05, 3.63) is 0 Å². The first kappa shape index (κ1) is 47.9. The second-order valence-corrected chi connectivity index (χ2v) is 13.2. The Balaban J connectivity index is 0. The number of hydrogen-bond acceptors (Lipinski definition) is 6. The predicted molar refractivity (Wildman–Crippen MR) is 211 cm³/mol. The molecular weight excluding hydrogens is 564 g/mol. The van der Waals surface area contributed by atoms with Gasteiger partial charge in [-0.15, -0.1) is 0 Å². The largest absolute Gasteiger partial charge is 0.304 e. The fraction of sp³-hybridized carbons (Fsp3) is 1.00. The van der Waals surface area contributed by atoms with Crippen molar-refractivity contribution >= 4 is 0 Å². The van der Waals surface area contributed by atoms with Crippen LogP contribution in [0.15, 0.2) is 0 Å². The summed E-state index contributed by atoms with van der Waals surface area (Å²) in [5, 5.41) is 0. The maximum Gasteiger partial charge on any atom is 0.0198 e. The average Bonchev–Trinajstić information content (AvgIpc) is 3.10. The maximum absolute atomic E-state index is 2.78. The highest BCUT2D eigenvalue weighted by Crippen LogP contribution is 2.24. The summed E-state index contributed by atoms with van der Waals surface area (Å²) < 4.78 is 0. The van der Waals surface area contributed by atoms with Gasteiger partial charge in [-0.25, -0.2) is 0 Å². The summed E-state index contributed by atoms with van der Waals surface area (Å²) in [6, 6.07) is 2.91. The molecule has 6 nitrogen and oxygen atoms in total. The van der Waals surface area contributed by atoms with Crippen molar-refractivity contribution in [2.24, 2.45) is 11.8 Å². The van der Waals surface area contributed by atoms with Gasteiger partial charge in [0.05, 0.1) is 0 Å². The van der Waals surface area contributed by atoms with E-state index in [-0.39, 0.29) is 0 Å². The topological polar surface area (TPSA) is 19.4 Å². The van der Waals surface area contributed by atoms with Gasteiger partial charge in [-0.3, -0.25) is 14.7 Å². The van der Waals surface area contributed by atoms with Crippen LogP contribution in [0.3, 0.4) is 0 Å². The molecule has 0 amide bonds. The molecule has 0 bridgehead atoms. The van der Waals surface area contributed by atoms with E-state index in [1.807, 2.05) is 55.4 Å². The van der Waals surface area contributed by atoms with Gasteiger partial charge in [-0.1, -0.05) is 83.1 Å². The molecule has 4 rings (SSSR count). The van der Waals surface area contributed by atoms with Crippen molar-refractivity contribution in [3.8, 4) is 0 Å². The molecule has 6 heteroatoms. The zero-order chi connectivity index (χ0) is 35.7. The van der Waals surface area contributed by atoms with E-state index < -0.39 is 0 Å². The van der Waals surface area contributed by atoms with Gasteiger partial charge in [0.15, 0.2) is 0 Å². The van der Waals surface area contributed by atoms with Crippen molar-refractivity contribution in [2.75, 3.05) is 91.6 Å². The van der Waals surface area contributed by atoms with Gasteiger partial charge in [0.25, 0.3) is 0 Å². The quantitative estimate of drug-likeness (QED) is 0.260. The Morgan fingerprint density at radius 3 is 1.00 bits per heavy atom. The van der Waals surface area contributed by atoms with Gasteiger partial charge in [-0.05, 0) is 118 Å². The second kappa shape index (κ2) is 29.7. The van der Waals surface area contributed by atoms with Crippen LogP contribution in [0, 0.1) is 11.8 Å². The van der Waals surface area contributed by atoms with Crippen molar-refractivity contribution in [1.29, 1.82) is 0 Å². The van der Waals surface area contributed by atoms with E-state index in [9.17, 15) is 0 Å². The highest BCUT2D eigenvalue weighted by Gasteiger charge is 2.32. The number of piperazine rings is 2. The van der Waals surface area contributed by atoms with E-state index in [2.05, 4.69) is 84.8 Å². The predicted octanol–water partition coefficient (Wildman–Crippen LogP) is 8.37. The normalized spacial score (nSPS) is 27.7. The summed E-state index contributed by atoms with van der Waals surface area (Å²) in [4.78, 5) is 15.9. The Labute approximate surface area is 293 Å². The molecule has 4 aliphatic rings. The molecule has 4 aliphatic heterocycles. The smallest absolute Gasteiger partial charge is 0.0198 e. The molecule has 4 fully saturated rings. The SMILES string of the molecule is CC.CC.CC.CC.CCN1CCC(CN2C(C)CN(CC)CC2C)CC1.CCN1CCC(CN2CC(C)N(CC)C(C)C2)CC1. The van der Waals surface area contributed by atoms with Gasteiger partial charge < -0.3 is 14.7 Å². The van der Waals surface area contributed by atoms with E-state index in [1.165, 1.54) is 117 Å². The lowest BCUT2D eigenvalue weighted by molar-refractivity contribution is 0.0208. The van der Waals surface area contributed by atoms with E-state index in [1.54, 1.807) is 0 Å². The van der Waals surface area contributed by atoms with Crippen molar-refractivity contribution in [2.45, 2.75) is 161 Å². The van der Waals surface area contributed by atoms with Crippen molar-refractivity contribution in [3.63, 3.8) is 0 Å². The Morgan fingerprint density at radius 1 is 0.370 bits per heavy atom. The minimum absolute atomic E-state index is 0.726. The first-order valence-electron chi connectivity index (χ1n) is 20.7. The van der Waals surface area contributed by atoms with Crippen LogP contribution in [0.25, 0.3) is 0 Å². The highest BCUT2D eigenvalue weighted by molar-refractivity contribution is 4.88. The van der Waals surface area contributed by atoms with E-state index >= 15 is 0 Å². The molecule has 0 N–H and O–H groups in total. The first-order chi connectivity index (χ1) is 22.3. The summed E-state index contributed by atoms with van der Waals surface area (Å²) in [5.41, 5.74) is 0. The van der Waals surface area contributed by atoms with Gasteiger partial charge >= 0.3 is 0 Å². The standard InChI is InChI=1S/2C16H33N3.4C2H6/c1-5-17-9-7-16(8-10-17)13-18-11-14(3)19(6-2)15(4)12-18;1-5-17-9-7-16(8-10-17)13-19-14(3)11-18(6-2)12-15(19)4;4*1-2/h2*14-16H,5-13H2,1-4H3;4*1-2H3. The average molecular weight is 655 g/mol. The lowest BCUT2D eigenvalue weighted by Crippen LogP contribution is -2.57. The van der Waals surface area contributed by atoms with Crippen LogP contribution in [0.1, 0.15) is 136 Å². The third-order valence-corrected chi connectivity index (χ3v) is 10.5. The monoisotopic (exact) mass is 655 g/mol. The molecule has 0 spiro atoms. The summed E-state index contributed by atoms with van der Waals surface area (Å²) in [6.45, 7) is 52.6. The number of piperidine rings is 2. The number of likely N-dealkylation sites (N-methyl/N-ethyl adjacent to an activating group) is 2. The van der Waals surface area contributed by atoms with Crippen LogP contribution in [-0.2, 0) is 0 Å². The molecule has 280 valence electrons. The zero-order valence-corrected chi connectivity index (χ0v) is 34.9. The lowest BCUT2D eigenvalue weighted by atomic mass is 9.94. The molecule has 0 saturated carbocycles. The van der Waals surface area contributed by atoms with Gasteiger partial charge in [0.1, 0.15) is 0 Å². The number of nitrogens with zero attached hydrogens (tertiary/aromatic N) is 6. The number of rotatable bonds is 8. The maximum atomic E-state index is 2.78. The third-order valence-electron chi connectivity index (χ3n) is 10.5. The molecule has 0 aromatic heterocycles. The first-order valence-corrected chi connectivity index (χ1v) is 20.7. The highest BCUT2D eigenvalue weighted by atomic mass is 15.3. The number of hydrogen-bond donors (Lipinski definition) is 0. The van der Waals surface area contributed by atoms with E-state index in [0.717, 1.165) is 36.0 Å². The zero-order valence-electron chi connectivity index (χ0n) is 34.9. The molecule has 4 heterocycles. The van der Waals surface area contributed by atoms with Gasteiger partial charge in [0.2, 0.25) is 0 Å². The van der Waals surface area contributed by atoms with E-state index in [4.69, 9.17) is 0 Å². The molecule has 4 saturated heterocycles. The Hall–Kier alpha value is -0.240. The lowest BCUT2D eigenvalue weighted by Gasteiger charge is -2.46. The van der Waals surface area contributed by atoms with Gasteiger partial charge in [0, 0.05) is 63.4 Å². The molecule has 0 aromatic rings. The molecule has 46 heavy (non-hydrogen) atoms. The van der Waals surface area contributed by atoms with Crippen LogP contribution in [0.4, 0.5) is 0 Å². The van der Waals surface area contributed by atoms with Gasteiger partial charge in [-0.2, -0.15) is 0 Å². The fourth-order valence-corrected chi connectivity index (χ4v) is 7.96. The molecular formula is C40H90N6.